The van der Waals surface area contributed by atoms with E-state index in [4.69, 9.17) is 10.2 Å². The van der Waals surface area contributed by atoms with Crippen LogP contribution in [-0.2, 0) is 6.42 Å². The van der Waals surface area contributed by atoms with E-state index in [2.05, 4.69) is 23.3 Å². The van der Waals surface area contributed by atoms with Crippen molar-refractivity contribution in [3.63, 3.8) is 0 Å². The van der Waals surface area contributed by atoms with Crippen molar-refractivity contribution < 1.29 is 4.42 Å². The second kappa shape index (κ2) is 5.25. The Morgan fingerprint density at radius 1 is 1.20 bits per heavy atom. The zero-order valence-electron chi connectivity index (χ0n) is 11.4. The molecule has 20 heavy (non-hydrogen) atoms. The van der Waals surface area contributed by atoms with Crippen LogP contribution >= 0.6 is 0 Å². The van der Waals surface area contributed by atoms with Gasteiger partial charge in [0.05, 0.1) is 0 Å². The number of benzene rings is 2. The average Bonchev–Trinajstić information content (AvgIpc) is 2.82. The summed E-state index contributed by atoms with van der Waals surface area (Å²) in [6, 6.07) is 14.2. The van der Waals surface area contributed by atoms with Gasteiger partial charge in [0.2, 0.25) is 0 Å². The summed E-state index contributed by atoms with van der Waals surface area (Å²) in [7, 11) is 0. The van der Waals surface area contributed by atoms with Gasteiger partial charge in [-0.25, -0.2) is 0 Å². The fourth-order valence-corrected chi connectivity index (χ4v) is 2.24. The third-order valence-electron chi connectivity index (χ3n) is 3.19. The largest absolute Gasteiger partial charge is 0.423 e. The number of nitrogen functional groups attached to an aromatic ring is 1. The Bertz CT molecular complexity index is 733. The molecule has 0 aliphatic carbocycles. The minimum absolute atomic E-state index is 0.495. The third-order valence-corrected chi connectivity index (χ3v) is 3.19. The molecular formula is C16H17N3O. The topological polar surface area (TPSA) is 64.1 Å². The minimum Gasteiger partial charge on any atom is -0.423 e. The van der Waals surface area contributed by atoms with Gasteiger partial charge < -0.3 is 15.5 Å². The van der Waals surface area contributed by atoms with Gasteiger partial charge in [0.25, 0.3) is 6.01 Å². The predicted octanol–water partition coefficient (Wildman–Crippen LogP) is 4.11. The maximum Gasteiger partial charge on any atom is 0.300 e. The van der Waals surface area contributed by atoms with Crippen molar-refractivity contribution in [2.45, 2.75) is 19.8 Å². The van der Waals surface area contributed by atoms with E-state index in [0.29, 0.717) is 17.3 Å². The van der Waals surface area contributed by atoms with Gasteiger partial charge in [-0.05, 0) is 30.2 Å². The van der Waals surface area contributed by atoms with E-state index in [1.165, 1.54) is 5.56 Å². The number of rotatable bonds is 4. The van der Waals surface area contributed by atoms with Gasteiger partial charge in [-0.3, -0.25) is 0 Å². The van der Waals surface area contributed by atoms with Crippen LogP contribution in [-0.4, -0.2) is 4.98 Å². The Hall–Kier alpha value is -2.49. The number of nitrogens with zero attached hydrogens (tertiary/aromatic N) is 1. The number of aryl methyl sites for hydroxylation is 1. The van der Waals surface area contributed by atoms with E-state index in [-0.39, 0.29) is 0 Å². The van der Waals surface area contributed by atoms with Crippen LogP contribution in [0.15, 0.2) is 46.9 Å². The first-order valence-electron chi connectivity index (χ1n) is 6.77. The highest BCUT2D eigenvalue weighted by atomic mass is 16.4. The van der Waals surface area contributed by atoms with E-state index in [1.54, 1.807) is 6.07 Å². The summed E-state index contributed by atoms with van der Waals surface area (Å²) < 4.78 is 5.68. The number of para-hydroxylation sites is 1. The lowest BCUT2D eigenvalue weighted by Crippen LogP contribution is -1.95. The first-order valence-corrected chi connectivity index (χ1v) is 6.77. The Kier molecular flexibility index (Phi) is 3.29. The molecule has 3 aromatic rings. The lowest BCUT2D eigenvalue weighted by molar-refractivity contribution is 0.623. The lowest BCUT2D eigenvalue weighted by Gasteiger charge is -2.07. The van der Waals surface area contributed by atoms with Crippen molar-refractivity contribution in [3.05, 3.63) is 48.0 Å². The molecule has 1 heterocycles. The molecule has 0 radical (unpaired) electrons. The van der Waals surface area contributed by atoms with Gasteiger partial charge in [0.1, 0.15) is 5.52 Å². The molecule has 3 rings (SSSR count). The maximum absolute atomic E-state index is 5.74. The summed E-state index contributed by atoms with van der Waals surface area (Å²) >= 11 is 0. The molecule has 0 bridgehead atoms. The lowest BCUT2D eigenvalue weighted by atomic mass is 10.1. The van der Waals surface area contributed by atoms with E-state index in [1.807, 2.05) is 30.3 Å². The van der Waals surface area contributed by atoms with Gasteiger partial charge in [-0.2, -0.15) is 4.98 Å². The number of fused-ring (bicyclic) bond motifs is 1. The van der Waals surface area contributed by atoms with Gasteiger partial charge in [-0.15, -0.1) is 0 Å². The van der Waals surface area contributed by atoms with Crippen molar-refractivity contribution in [3.8, 4) is 0 Å². The SMILES string of the molecule is CCCc1ccccc1Nc1nc2ccc(N)cc2o1. The second-order valence-corrected chi connectivity index (χ2v) is 4.78. The van der Waals surface area contributed by atoms with Crippen LogP contribution in [0.1, 0.15) is 18.9 Å². The van der Waals surface area contributed by atoms with Crippen molar-refractivity contribution >= 4 is 28.5 Å². The molecule has 0 fully saturated rings. The van der Waals surface area contributed by atoms with Crippen LogP contribution in [0.5, 0.6) is 0 Å². The summed E-state index contributed by atoms with van der Waals surface area (Å²) in [5.41, 5.74) is 10.2. The quantitative estimate of drug-likeness (QED) is 0.698. The fraction of sp³-hybridized carbons (Fsp3) is 0.188. The monoisotopic (exact) mass is 267 g/mol. The molecule has 1 aromatic heterocycles. The smallest absolute Gasteiger partial charge is 0.300 e. The number of nitrogens with two attached hydrogens (primary N) is 1. The van der Waals surface area contributed by atoms with Crippen LogP contribution in [0.25, 0.3) is 11.1 Å². The summed E-state index contributed by atoms with van der Waals surface area (Å²) in [6.45, 7) is 2.17. The van der Waals surface area contributed by atoms with E-state index in [0.717, 1.165) is 24.0 Å². The molecule has 0 aliphatic rings. The predicted molar refractivity (Wildman–Crippen MR) is 82.1 cm³/mol. The number of hydrogen-bond donors (Lipinski definition) is 2. The van der Waals surface area contributed by atoms with Crippen LogP contribution in [0.4, 0.5) is 17.4 Å². The number of anilines is 3. The molecule has 0 aliphatic heterocycles. The van der Waals surface area contributed by atoms with E-state index < -0.39 is 0 Å². The van der Waals surface area contributed by atoms with Crippen molar-refractivity contribution in [2.24, 2.45) is 0 Å². The molecule has 0 amide bonds. The van der Waals surface area contributed by atoms with Crippen molar-refractivity contribution in [1.29, 1.82) is 0 Å². The Morgan fingerprint density at radius 2 is 2.05 bits per heavy atom. The fourth-order valence-electron chi connectivity index (χ4n) is 2.24. The summed E-state index contributed by atoms with van der Waals surface area (Å²) in [5.74, 6) is 0. The standard InChI is InChI=1S/C16H17N3O/c1-2-5-11-6-3-4-7-13(11)18-16-19-14-9-8-12(17)10-15(14)20-16/h3-4,6-10H,2,5,17H2,1H3,(H,18,19). The summed E-state index contributed by atoms with van der Waals surface area (Å²) in [6.07, 6.45) is 2.12. The molecular weight excluding hydrogens is 250 g/mol. The molecule has 2 aromatic carbocycles. The number of oxazole rings is 1. The Balaban J connectivity index is 1.93. The van der Waals surface area contributed by atoms with E-state index >= 15 is 0 Å². The molecule has 0 atom stereocenters. The number of nitrogens with one attached hydrogen (secondary N) is 1. The molecule has 0 saturated carbocycles. The van der Waals surface area contributed by atoms with Gasteiger partial charge >= 0.3 is 0 Å². The highest BCUT2D eigenvalue weighted by Crippen LogP contribution is 2.25. The highest BCUT2D eigenvalue weighted by molar-refractivity contribution is 5.78. The minimum atomic E-state index is 0.495. The first kappa shape index (κ1) is 12.5. The molecule has 0 unspecified atom stereocenters. The van der Waals surface area contributed by atoms with Crippen molar-refractivity contribution in [2.75, 3.05) is 11.1 Å². The zero-order chi connectivity index (χ0) is 13.9. The van der Waals surface area contributed by atoms with Crippen molar-refractivity contribution in [1.82, 2.24) is 4.98 Å². The molecule has 0 saturated heterocycles. The van der Waals surface area contributed by atoms with Gasteiger partial charge in [0.15, 0.2) is 5.58 Å². The van der Waals surface area contributed by atoms with Crippen LogP contribution in [0, 0.1) is 0 Å². The first-order chi connectivity index (χ1) is 9.76. The summed E-state index contributed by atoms with van der Waals surface area (Å²) in [4.78, 5) is 4.42. The van der Waals surface area contributed by atoms with E-state index in [9.17, 15) is 0 Å². The normalized spacial score (nSPS) is 10.8. The Morgan fingerprint density at radius 3 is 2.90 bits per heavy atom. The zero-order valence-corrected chi connectivity index (χ0v) is 11.4. The third kappa shape index (κ3) is 2.45. The Labute approximate surface area is 117 Å². The molecule has 4 heteroatoms. The number of aromatic nitrogens is 1. The van der Waals surface area contributed by atoms with Gasteiger partial charge in [-0.1, -0.05) is 31.5 Å². The van der Waals surface area contributed by atoms with Gasteiger partial charge in [0, 0.05) is 17.4 Å². The maximum atomic E-state index is 5.74. The van der Waals surface area contributed by atoms with Crippen LogP contribution in [0.3, 0.4) is 0 Å². The number of hydrogen-bond acceptors (Lipinski definition) is 4. The van der Waals surface area contributed by atoms with Crippen LogP contribution < -0.4 is 11.1 Å². The molecule has 4 nitrogen and oxygen atoms in total. The second-order valence-electron chi connectivity index (χ2n) is 4.78. The molecule has 0 spiro atoms. The summed E-state index contributed by atoms with van der Waals surface area (Å²) in [5, 5.41) is 3.25. The average molecular weight is 267 g/mol. The molecule has 102 valence electrons. The highest BCUT2D eigenvalue weighted by Gasteiger charge is 2.08. The molecule has 3 N–H and O–H groups in total. The van der Waals surface area contributed by atoms with Crippen LogP contribution in [0.2, 0.25) is 0 Å².